The van der Waals surface area contributed by atoms with Crippen molar-refractivity contribution in [2.45, 2.75) is 6.92 Å². The van der Waals surface area contributed by atoms with Crippen LogP contribution in [0.4, 0.5) is 15.9 Å². The van der Waals surface area contributed by atoms with Gasteiger partial charge in [0, 0.05) is 4.47 Å². The van der Waals surface area contributed by atoms with E-state index >= 15 is 0 Å². The summed E-state index contributed by atoms with van der Waals surface area (Å²) in [5.74, 6) is -1.83. The van der Waals surface area contributed by atoms with Crippen molar-refractivity contribution in [1.29, 1.82) is 0 Å². The van der Waals surface area contributed by atoms with Gasteiger partial charge in [0.25, 0.3) is 0 Å². The number of nitrogens with zero attached hydrogens (tertiary/aromatic N) is 1. The van der Waals surface area contributed by atoms with Crippen LogP contribution in [0.3, 0.4) is 0 Å². The summed E-state index contributed by atoms with van der Waals surface area (Å²) in [5, 5.41) is 11.9. The quantitative estimate of drug-likeness (QED) is 0.902. The highest BCUT2D eigenvalue weighted by Gasteiger charge is 2.14. The lowest BCUT2D eigenvalue weighted by Gasteiger charge is -2.11. The lowest BCUT2D eigenvalue weighted by Crippen LogP contribution is -2.06. The number of carboxylic acid groups (broad SMARTS) is 1. The van der Waals surface area contributed by atoms with Gasteiger partial charge in [0.2, 0.25) is 0 Å². The molecule has 0 radical (unpaired) electrons. The molecule has 0 saturated carbocycles. The highest BCUT2D eigenvalue weighted by atomic mass is 79.9. The summed E-state index contributed by atoms with van der Waals surface area (Å²) in [6.07, 6.45) is 0.971. The molecule has 2 rings (SSSR count). The predicted octanol–water partition coefficient (Wildman–Crippen LogP) is 3.73. The fourth-order valence-corrected chi connectivity index (χ4v) is 1.91. The molecule has 0 aliphatic carbocycles. The van der Waals surface area contributed by atoms with Crippen LogP contribution in [0, 0.1) is 12.7 Å². The first-order valence-electron chi connectivity index (χ1n) is 5.39. The van der Waals surface area contributed by atoms with E-state index in [0.29, 0.717) is 5.69 Å². The number of carboxylic acids is 1. The van der Waals surface area contributed by atoms with Crippen molar-refractivity contribution in [3.8, 4) is 0 Å². The van der Waals surface area contributed by atoms with E-state index in [9.17, 15) is 9.18 Å². The predicted molar refractivity (Wildman–Crippen MR) is 73.3 cm³/mol. The van der Waals surface area contributed by atoms with E-state index in [2.05, 4.69) is 26.2 Å². The Balaban J connectivity index is 2.43. The Labute approximate surface area is 117 Å². The first-order chi connectivity index (χ1) is 8.97. The first-order valence-corrected chi connectivity index (χ1v) is 6.18. The molecule has 1 heterocycles. The second-order valence-electron chi connectivity index (χ2n) is 3.96. The van der Waals surface area contributed by atoms with Gasteiger partial charge in [-0.05, 0) is 46.6 Å². The molecule has 0 saturated heterocycles. The van der Waals surface area contributed by atoms with Crippen molar-refractivity contribution in [1.82, 2.24) is 4.98 Å². The summed E-state index contributed by atoms with van der Waals surface area (Å²) in [5.41, 5.74) is 1.46. The SMILES string of the molecule is Cc1ccc(Br)c(Nc2ncc(F)cc2C(=O)O)c1. The molecule has 0 bridgehead atoms. The van der Waals surface area contributed by atoms with E-state index in [0.717, 1.165) is 22.3 Å². The largest absolute Gasteiger partial charge is 0.478 e. The van der Waals surface area contributed by atoms with Gasteiger partial charge in [-0.15, -0.1) is 0 Å². The van der Waals surface area contributed by atoms with Gasteiger partial charge in [0.05, 0.1) is 11.9 Å². The molecule has 2 N–H and O–H groups in total. The zero-order chi connectivity index (χ0) is 14.0. The van der Waals surface area contributed by atoms with Gasteiger partial charge in [-0.2, -0.15) is 0 Å². The standard InChI is InChI=1S/C13H10BrFN2O2/c1-7-2-3-10(14)11(4-7)17-12-9(13(18)19)5-8(15)6-16-12/h2-6H,1H3,(H,16,17)(H,18,19). The van der Waals surface area contributed by atoms with Gasteiger partial charge < -0.3 is 10.4 Å². The van der Waals surface area contributed by atoms with Crippen LogP contribution in [-0.4, -0.2) is 16.1 Å². The molecule has 1 aromatic heterocycles. The van der Waals surface area contributed by atoms with Gasteiger partial charge in [-0.25, -0.2) is 14.2 Å². The molecule has 0 aliphatic rings. The molecule has 0 spiro atoms. The van der Waals surface area contributed by atoms with Crippen molar-refractivity contribution >= 4 is 33.4 Å². The molecule has 0 fully saturated rings. The lowest BCUT2D eigenvalue weighted by molar-refractivity contribution is 0.0697. The summed E-state index contributed by atoms with van der Waals surface area (Å²) in [4.78, 5) is 14.8. The highest BCUT2D eigenvalue weighted by molar-refractivity contribution is 9.10. The molecule has 0 atom stereocenters. The number of aromatic nitrogens is 1. The molecule has 98 valence electrons. The van der Waals surface area contributed by atoms with Gasteiger partial charge >= 0.3 is 5.97 Å². The normalized spacial score (nSPS) is 10.3. The molecule has 2 aromatic rings. The Kier molecular flexibility index (Phi) is 3.80. The number of nitrogens with one attached hydrogen (secondary N) is 1. The highest BCUT2D eigenvalue weighted by Crippen LogP contribution is 2.27. The number of pyridine rings is 1. The number of benzene rings is 1. The Bertz CT molecular complexity index is 647. The fraction of sp³-hybridized carbons (Fsp3) is 0.0769. The molecule has 4 nitrogen and oxygen atoms in total. The van der Waals surface area contributed by atoms with Crippen LogP contribution < -0.4 is 5.32 Å². The monoisotopic (exact) mass is 324 g/mol. The third-order valence-corrected chi connectivity index (χ3v) is 3.15. The second-order valence-corrected chi connectivity index (χ2v) is 4.82. The van der Waals surface area contributed by atoms with Gasteiger partial charge in [-0.3, -0.25) is 0 Å². The van der Waals surface area contributed by atoms with Crippen LogP contribution in [-0.2, 0) is 0 Å². The molecule has 19 heavy (non-hydrogen) atoms. The van der Waals surface area contributed by atoms with Gasteiger partial charge in [-0.1, -0.05) is 6.07 Å². The number of hydrogen-bond donors (Lipinski definition) is 2. The van der Waals surface area contributed by atoms with Gasteiger partial charge in [0.15, 0.2) is 0 Å². The summed E-state index contributed by atoms with van der Waals surface area (Å²) < 4.78 is 13.8. The number of hydrogen-bond acceptors (Lipinski definition) is 3. The average molecular weight is 325 g/mol. The summed E-state index contributed by atoms with van der Waals surface area (Å²) in [6, 6.07) is 6.51. The molecular weight excluding hydrogens is 315 g/mol. The lowest BCUT2D eigenvalue weighted by atomic mass is 10.2. The minimum Gasteiger partial charge on any atom is -0.478 e. The van der Waals surface area contributed by atoms with Crippen LogP contribution >= 0.6 is 15.9 Å². The number of rotatable bonds is 3. The number of anilines is 2. The number of aromatic carboxylic acids is 1. The van der Waals surface area contributed by atoms with E-state index in [-0.39, 0.29) is 11.4 Å². The zero-order valence-electron chi connectivity index (χ0n) is 9.95. The molecule has 0 unspecified atom stereocenters. The van der Waals surface area contributed by atoms with Crippen molar-refractivity contribution in [2.24, 2.45) is 0 Å². The third-order valence-electron chi connectivity index (χ3n) is 2.46. The molecular formula is C13H10BrFN2O2. The van der Waals surface area contributed by atoms with Crippen LogP contribution in [0.2, 0.25) is 0 Å². The van der Waals surface area contributed by atoms with E-state index in [1.54, 1.807) is 0 Å². The fourth-order valence-electron chi connectivity index (χ4n) is 1.56. The minimum atomic E-state index is -1.24. The number of halogens is 2. The maximum atomic E-state index is 13.0. The van der Waals surface area contributed by atoms with Crippen molar-refractivity contribution in [2.75, 3.05) is 5.32 Å². The number of aryl methyl sites for hydroxylation is 1. The van der Waals surface area contributed by atoms with E-state index in [4.69, 9.17) is 5.11 Å². The molecule has 0 amide bonds. The maximum Gasteiger partial charge on any atom is 0.339 e. The van der Waals surface area contributed by atoms with E-state index < -0.39 is 11.8 Å². The smallest absolute Gasteiger partial charge is 0.339 e. The van der Waals surface area contributed by atoms with Crippen molar-refractivity contribution in [3.05, 3.63) is 51.9 Å². The Morgan fingerprint density at radius 1 is 1.42 bits per heavy atom. The van der Waals surface area contributed by atoms with Crippen molar-refractivity contribution in [3.63, 3.8) is 0 Å². The Morgan fingerprint density at radius 2 is 2.16 bits per heavy atom. The summed E-state index contributed by atoms with van der Waals surface area (Å²) in [7, 11) is 0. The van der Waals surface area contributed by atoms with E-state index in [1.807, 2.05) is 25.1 Å². The van der Waals surface area contributed by atoms with Gasteiger partial charge in [0.1, 0.15) is 17.2 Å². The van der Waals surface area contributed by atoms with Crippen LogP contribution in [0.1, 0.15) is 15.9 Å². The first kappa shape index (κ1) is 13.5. The number of carbonyl (C=O) groups is 1. The zero-order valence-corrected chi connectivity index (χ0v) is 11.5. The molecule has 1 aromatic carbocycles. The topological polar surface area (TPSA) is 62.2 Å². The van der Waals surface area contributed by atoms with Crippen molar-refractivity contribution < 1.29 is 14.3 Å². The molecule has 6 heteroatoms. The second kappa shape index (κ2) is 5.36. The van der Waals surface area contributed by atoms with Crippen LogP contribution in [0.25, 0.3) is 0 Å². The summed E-state index contributed by atoms with van der Waals surface area (Å²) in [6.45, 7) is 1.91. The van der Waals surface area contributed by atoms with Crippen LogP contribution in [0.15, 0.2) is 34.9 Å². The third kappa shape index (κ3) is 3.08. The van der Waals surface area contributed by atoms with Crippen LogP contribution in [0.5, 0.6) is 0 Å². The minimum absolute atomic E-state index is 0.0974. The Morgan fingerprint density at radius 3 is 2.84 bits per heavy atom. The Hall–Kier alpha value is -1.95. The average Bonchev–Trinajstić information content (AvgIpc) is 2.35. The summed E-state index contributed by atoms with van der Waals surface area (Å²) >= 11 is 3.35. The molecule has 0 aliphatic heterocycles. The maximum absolute atomic E-state index is 13.0. The van der Waals surface area contributed by atoms with E-state index in [1.165, 1.54) is 0 Å².